The molecule has 0 spiro atoms. The molecule has 6 nitrogen and oxygen atoms in total. The Balaban J connectivity index is 4.48. The lowest BCUT2D eigenvalue weighted by Crippen LogP contribution is -2.30. The predicted molar refractivity (Wildman–Crippen MR) is 307 cm³/mol. The Morgan fingerprint density at radius 2 is 0.563 bits per heavy atom. The van der Waals surface area contributed by atoms with Crippen molar-refractivity contribution in [1.29, 1.82) is 0 Å². The summed E-state index contributed by atoms with van der Waals surface area (Å²) in [6.45, 7) is 6.46. The molecule has 6 heteroatoms. The van der Waals surface area contributed by atoms with Crippen molar-refractivity contribution in [3.8, 4) is 0 Å². The van der Waals surface area contributed by atoms with Gasteiger partial charge in [-0.3, -0.25) is 14.4 Å². The summed E-state index contributed by atoms with van der Waals surface area (Å²) in [5.74, 6) is -0.965. The second-order valence-corrected chi connectivity index (χ2v) is 19.5. The molecular weight excluding hydrogens is 877 g/mol. The van der Waals surface area contributed by atoms with Crippen LogP contribution in [-0.4, -0.2) is 37.2 Å². The molecule has 71 heavy (non-hydrogen) atoms. The summed E-state index contributed by atoms with van der Waals surface area (Å²) < 4.78 is 16.8. The first kappa shape index (κ1) is 67.3. The third-order valence-electron chi connectivity index (χ3n) is 12.5. The fraction of sp³-hybridized carbons (Fsp3) is 0.708. The lowest BCUT2D eigenvalue weighted by molar-refractivity contribution is -0.167. The van der Waals surface area contributed by atoms with E-state index < -0.39 is 6.10 Å². The van der Waals surface area contributed by atoms with Gasteiger partial charge in [-0.2, -0.15) is 0 Å². The first-order valence-corrected chi connectivity index (χ1v) is 29.7. The molecule has 0 aromatic carbocycles. The number of hydrogen-bond donors (Lipinski definition) is 0. The fourth-order valence-electron chi connectivity index (χ4n) is 8.09. The summed E-state index contributed by atoms with van der Waals surface area (Å²) in [7, 11) is 0. The minimum atomic E-state index is -0.806. The molecule has 0 bridgehead atoms. The Morgan fingerprint density at radius 1 is 0.296 bits per heavy atom. The summed E-state index contributed by atoms with van der Waals surface area (Å²) in [6.07, 6.45) is 78.3. The Hall–Kier alpha value is -3.67. The van der Waals surface area contributed by atoms with Crippen molar-refractivity contribution in [2.24, 2.45) is 0 Å². The molecular formula is C65H110O6. The van der Waals surface area contributed by atoms with E-state index in [-0.39, 0.29) is 37.5 Å². The van der Waals surface area contributed by atoms with Gasteiger partial charge in [0.2, 0.25) is 0 Å². The monoisotopic (exact) mass is 987 g/mol. The average Bonchev–Trinajstić information content (AvgIpc) is 3.37. The van der Waals surface area contributed by atoms with Crippen LogP contribution >= 0.6 is 0 Å². The number of ether oxygens (including phenoxy) is 3. The number of carbonyl (C=O) groups is 3. The molecule has 0 unspecified atom stereocenters. The van der Waals surface area contributed by atoms with Crippen LogP contribution in [0.5, 0.6) is 0 Å². The van der Waals surface area contributed by atoms with E-state index in [9.17, 15) is 14.4 Å². The van der Waals surface area contributed by atoms with Crippen molar-refractivity contribution in [3.05, 3.63) is 97.2 Å². The maximum atomic E-state index is 12.9. The first-order valence-electron chi connectivity index (χ1n) is 29.7. The standard InChI is InChI=1S/C65H110O6/c1-4-7-10-13-16-19-22-25-28-31-32-35-38-41-44-47-50-53-56-59-65(68)71-62(60-69-63(66)57-54-51-48-45-42-39-36-33-29-26-23-20-17-14-11-8-5-2)61-70-64(67)58-55-52-49-46-43-40-37-34-30-27-24-21-18-15-12-9-6-3/h8,11,17-18,20-21,25-30,36,39,45,48,62H,4-7,9-10,12-16,19,22-24,31-35,37-38,40-44,46-47,49-61H2,1-3H3/b11-8-,20-17-,21-18-,28-25-,29-26-,30-27-,39-36-,48-45-/t62-/m1/s1. The Labute approximate surface area is 438 Å². The highest BCUT2D eigenvalue weighted by molar-refractivity contribution is 5.71. The number of carbonyl (C=O) groups excluding carboxylic acids is 3. The molecule has 0 saturated heterocycles. The van der Waals surface area contributed by atoms with Crippen molar-refractivity contribution in [2.45, 2.75) is 284 Å². The van der Waals surface area contributed by atoms with Gasteiger partial charge in [0.15, 0.2) is 6.10 Å². The second-order valence-electron chi connectivity index (χ2n) is 19.5. The predicted octanol–water partition coefficient (Wildman–Crippen LogP) is 20.1. The van der Waals surface area contributed by atoms with Crippen LogP contribution in [0.3, 0.4) is 0 Å². The Kier molecular flexibility index (Phi) is 55.9. The third kappa shape index (κ3) is 57.1. The summed E-state index contributed by atoms with van der Waals surface area (Å²) >= 11 is 0. The maximum Gasteiger partial charge on any atom is 0.306 e. The smallest absolute Gasteiger partial charge is 0.306 e. The SMILES string of the molecule is CC/C=C\C/C=C\C/C=C\C/C=C\C/C=C\CCCC(=O)OC[C@H](COC(=O)CCCCCCCCC/C=C\C/C=C\CCCCC)OC(=O)CCCCCCCCCCC/C=C\CCCCCCCC. The van der Waals surface area contributed by atoms with Crippen molar-refractivity contribution >= 4 is 17.9 Å². The molecule has 0 radical (unpaired) electrons. The van der Waals surface area contributed by atoms with E-state index in [0.29, 0.717) is 19.3 Å². The highest BCUT2D eigenvalue weighted by Crippen LogP contribution is 2.15. The molecule has 0 N–H and O–H groups in total. The normalized spacial score (nSPS) is 12.8. The van der Waals surface area contributed by atoms with Gasteiger partial charge < -0.3 is 14.2 Å². The van der Waals surface area contributed by atoms with Crippen LogP contribution in [0.4, 0.5) is 0 Å². The van der Waals surface area contributed by atoms with Gasteiger partial charge >= 0.3 is 17.9 Å². The van der Waals surface area contributed by atoms with Crippen molar-refractivity contribution in [3.63, 3.8) is 0 Å². The molecule has 0 amide bonds. The van der Waals surface area contributed by atoms with Crippen LogP contribution in [-0.2, 0) is 28.6 Å². The van der Waals surface area contributed by atoms with Gasteiger partial charge in [-0.05, 0) is 116 Å². The van der Waals surface area contributed by atoms with E-state index in [1.807, 2.05) is 0 Å². The quantitative estimate of drug-likeness (QED) is 0.0261. The van der Waals surface area contributed by atoms with Crippen LogP contribution in [0.15, 0.2) is 97.2 Å². The molecule has 0 fully saturated rings. The van der Waals surface area contributed by atoms with Crippen LogP contribution in [0.25, 0.3) is 0 Å². The third-order valence-corrected chi connectivity index (χ3v) is 12.5. The van der Waals surface area contributed by atoms with Crippen LogP contribution in [0.2, 0.25) is 0 Å². The fourth-order valence-corrected chi connectivity index (χ4v) is 8.09. The average molecular weight is 988 g/mol. The van der Waals surface area contributed by atoms with E-state index in [1.165, 1.54) is 141 Å². The van der Waals surface area contributed by atoms with Gasteiger partial charge in [-0.1, -0.05) is 240 Å². The zero-order valence-electron chi connectivity index (χ0n) is 46.5. The molecule has 0 saturated carbocycles. The number of allylic oxidation sites excluding steroid dienone is 16. The summed E-state index contributed by atoms with van der Waals surface area (Å²) in [5.41, 5.74) is 0. The second kappa shape index (κ2) is 58.9. The molecule has 0 aromatic rings. The van der Waals surface area contributed by atoms with E-state index in [1.54, 1.807) is 0 Å². The molecule has 0 aliphatic rings. The van der Waals surface area contributed by atoms with Crippen molar-refractivity contribution < 1.29 is 28.6 Å². The summed E-state index contributed by atoms with van der Waals surface area (Å²) in [6, 6.07) is 0. The largest absolute Gasteiger partial charge is 0.462 e. The van der Waals surface area contributed by atoms with Crippen LogP contribution in [0.1, 0.15) is 278 Å². The van der Waals surface area contributed by atoms with Gasteiger partial charge in [0, 0.05) is 19.3 Å². The maximum absolute atomic E-state index is 12.9. The molecule has 0 aromatic heterocycles. The number of esters is 3. The van der Waals surface area contributed by atoms with Crippen molar-refractivity contribution in [1.82, 2.24) is 0 Å². The zero-order chi connectivity index (χ0) is 51.4. The van der Waals surface area contributed by atoms with E-state index in [4.69, 9.17) is 14.2 Å². The Bertz CT molecular complexity index is 1410. The minimum absolute atomic E-state index is 0.100. The lowest BCUT2D eigenvalue weighted by Gasteiger charge is -2.18. The molecule has 1 atom stereocenters. The van der Waals surface area contributed by atoms with Gasteiger partial charge in [0.1, 0.15) is 13.2 Å². The van der Waals surface area contributed by atoms with Gasteiger partial charge in [-0.25, -0.2) is 0 Å². The number of rotatable bonds is 53. The number of hydrogen-bond acceptors (Lipinski definition) is 6. The topological polar surface area (TPSA) is 78.9 Å². The summed E-state index contributed by atoms with van der Waals surface area (Å²) in [5, 5.41) is 0. The molecule has 0 rings (SSSR count). The molecule has 0 aliphatic heterocycles. The van der Waals surface area contributed by atoms with Gasteiger partial charge in [0.25, 0.3) is 0 Å². The first-order chi connectivity index (χ1) is 35.0. The highest BCUT2D eigenvalue weighted by Gasteiger charge is 2.19. The lowest BCUT2D eigenvalue weighted by atomic mass is 10.1. The van der Waals surface area contributed by atoms with Crippen LogP contribution < -0.4 is 0 Å². The van der Waals surface area contributed by atoms with Crippen molar-refractivity contribution in [2.75, 3.05) is 13.2 Å². The van der Waals surface area contributed by atoms with E-state index >= 15 is 0 Å². The van der Waals surface area contributed by atoms with Gasteiger partial charge in [0.05, 0.1) is 0 Å². The molecule has 0 aliphatic carbocycles. The molecule has 406 valence electrons. The van der Waals surface area contributed by atoms with E-state index in [2.05, 4.69) is 118 Å². The minimum Gasteiger partial charge on any atom is -0.462 e. The zero-order valence-corrected chi connectivity index (χ0v) is 46.5. The Morgan fingerprint density at radius 3 is 0.958 bits per heavy atom. The molecule has 0 heterocycles. The van der Waals surface area contributed by atoms with Gasteiger partial charge in [-0.15, -0.1) is 0 Å². The summed E-state index contributed by atoms with van der Waals surface area (Å²) in [4.78, 5) is 38.2. The van der Waals surface area contributed by atoms with Crippen LogP contribution in [0, 0.1) is 0 Å². The highest BCUT2D eigenvalue weighted by atomic mass is 16.6. The van der Waals surface area contributed by atoms with E-state index in [0.717, 1.165) is 89.9 Å². The number of unbranched alkanes of at least 4 members (excludes halogenated alkanes) is 26.